The van der Waals surface area contributed by atoms with E-state index in [0.29, 0.717) is 5.54 Å². The number of nitrogens with zero attached hydrogens (tertiary/aromatic N) is 2. The zero-order valence-corrected chi connectivity index (χ0v) is 12.9. The van der Waals surface area contributed by atoms with E-state index in [4.69, 9.17) is 0 Å². The molecule has 19 heavy (non-hydrogen) atoms. The number of nitrogens with one attached hydrogen (secondary N) is 1. The Morgan fingerprint density at radius 3 is 2.79 bits per heavy atom. The normalized spacial score (nSPS) is 26.6. The molecule has 2 aliphatic rings. The first-order valence-corrected chi connectivity index (χ1v) is 8.36. The highest BCUT2D eigenvalue weighted by Gasteiger charge is 2.43. The third-order valence-corrected chi connectivity index (χ3v) is 5.63. The van der Waals surface area contributed by atoms with Crippen LogP contribution in [-0.2, 0) is 6.54 Å². The van der Waals surface area contributed by atoms with Gasteiger partial charge in [-0.15, -0.1) is 11.3 Å². The van der Waals surface area contributed by atoms with E-state index in [-0.39, 0.29) is 5.54 Å². The second kappa shape index (κ2) is 5.15. The summed E-state index contributed by atoms with van der Waals surface area (Å²) in [4.78, 5) is 7.11. The van der Waals surface area contributed by atoms with Crippen LogP contribution in [0.1, 0.15) is 51.0 Å². The van der Waals surface area contributed by atoms with Gasteiger partial charge < -0.3 is 5.32 Å². The molecule has 1 aromatic heterocycles. The van der Waals surface area contributed by atoms with Crippen LogP contribution in [0, 0.1) is 0 Å². The standard InChI is InChI=1S/C15H25N3S/c1-14(2)11-17-15(6-4-3-5-7-15)12-18(14)10-13-16-8-9-19-13/h8-9,17H,3-7,10-12H2,1-2H3. The van der Waals surface area contributed by atoms with Gasteiger partial charge in [0.2, 0.25) is 0 Å². The smallest absolute Gasteiger partial charge is 0.107 e. The molecule has 1 saturated carbocycles. The van der Waals surface area contributed by atoms with E-state index >= 15 is 0 Å². The van der Waals surface area contributed by atoms with Gasteiger partial charge in [0.15, 0.2) is 0 Å². The second-order valence-electron chi connectivity index (χ2n) is 6.79. The molecule has 1 aliphatic heterocycles. The molecular formula is C15H25N3S. The lowest BCUT2D eigenvalue weighted by Crippen LogP contribution is -2.68. The van der Waals surface area contributed by atoms with Crippen molar-refractivity contribution in [3.8, 4) is 0 Å². The van der Waals surface area contributed by atoms with Crippen LogP contribution in [-0.4, -0.2) is 34.1 Å². The Bertz CT molecular complexity index is 407. The lowest BCUT2D eigenvalue weighted by atomic mass is 9.78. The quantitative estimate of drug-likeness (QED) is 0.902. The lowest BCUT2D eigenvalue weighted by Gasteiger charge is -2.53. The van der Waals surface area contributed by atoms with Gasteiger partial charge >= 0.3 is 0 Å². The molecule has 3 nitrogen and oxygen atoms in total. The predicted molar refractivity (Wildman–Crippen MR) is 80.4 cm³/mol. The van der Waals surface area contributed by atoms with Crippen molar-refractivity contribution in [3.63, 3.8) is 0 Å². The van der Waals surface area contributed by atoms with E-state index in [1.165, 1.54) is 43.7 Å². The SMILES string of the molecule is CC1(C)CNC2(CCCCC2)CN1Cc1nccs1. The van der Waals surface area contributed by atoms with Crippen molar-refractivity contribution in [2.24, 2.45) is 0 Å². The Kier molecular flexibility index (Phi) is 3.67. The Hall–Kier alpha value is -0.450. The first-order chi connectivity index (χ1) is 9.10. The zero-order valence-electron chi connectivity index (χ0n) is 12.1. The van der Waals surface area contributed by atoms with Gasteiger partial charge in [-0.25, -0.2) is 4.98 Å². The van der Waals surface area contributed by atoms with Gasteiger partial charge in [-0.05, 0) is 26.7 Å². The number of hydrogen-bond donors (Lipinski definition) is 1. The van der Waals surface area contributed by atoms with Gasteiger partial charge in [0.1, 0.15) is 5.01 Å². The van der Waals surface area contributed by atoms with E-state index in [1.807, 2.05) is 6.20 Å². The topological polar surface area (TPSA) is 28.2 Å². The molecule has 1 N–H and O–H groups in total. The zero-order chi connectivity index (χ0) is 13.3. The van der Waals surface area contributed by atoms with Crippen molar-refractivity contribution < 1.29 is 0 Å². The largest absolute Gasteiger partial charge is 0.308 e. The van der Waals surface area contributed by atoms with E-state index in [9.17, 15) is 0 Å². The first kappa shape index (κ1) is 13.5. The fourth-order valence-corrected chi connectivity index (χ4v) is 4.11. The first-order valence-electron chi connectivity index (χ1n) is 7.48. The minimum atomic E-state index is 0.231. The average Bonchev–Trinajstić information content (AvgIpc) is 2.89. The lowest BCUT2D eigenvalue weighted by molar-refractivity contribution is 0.00482. The molecule has 0 atom stereocenters. The van der Waals surface area contributed by atoms with Crippen LogP contribution in [0.25, 0.3) is 0 Å². The van der Waals surface area contributed by atoms with Gasteiger partial charge in [-0.2, -0.15) is 0 Å². The number of hydrogen-bond acceptors (Lipinski definition) is 4. The van der Waals surface area contributed by atoms with Crippen LogP contribution < -0.4 is 5.32 Å². The van der Waals surface area contributed by atoms with Crippen LogP contribution in [0.4, 0.5) is 0 Å². The summed E-state index contributed by atoms with van der Waals surface area (Å²) in [6.45, 7) is 7.98. The molecule has 1 spiro atoms. The highest BCUT2D eigenvalue weighted by molar-refractivity contribution is 7.09. The molecule has 0 bridgehead atoms. The van der Waals surface area contributed by atoms with Crippen LogP contribution in [0.15, 0.2) is 11.6 Å². The minimum Gasteiger partial charge on any atom is -0.308 e. The Morgan fingerprint density at radius 2 is 2.11 bits per heavy atom. The Labute approximate surface area is 120 Å². The van der Waals surface area contributed by atoms with Crippen LogP contribution in [0.3, 0.4) is 0 Å². The minimum absolute atomic E-state index is 0.231. The number of rotatable bonds is 2. The molecule has 1 saturated heterocycles. The Balaban J connectivity index is 1.74. The molecule has 2 fully saturated rings. The number of aromatic nitrogens is 1. The molecule has 4 heteroatoms. The average molecular weight is 279 g/mol. The molecule has 1 aliphatic carbocycles. The van der Waals surface area contributed by atoms with Crippen molar-refractivity contribution in [3.05, 3.63) is 16.6 Å². The van der Waals surface area contributed by atoms with E-state index in [1.54, 1.807) is 11.3 Å². The molecule has 3 rings (SSSR count). The number of thiazole rings is 1. The fraction of sp³-hybridized carbons (Fsp3) is 0.800. The van der Waals surface area contributed by atoms with Crippen molar-refractivity contribution in [1.29, 1.82) is 0 Å². The molecule has 0 radical (unpaired) electrons. The fourth-order valence-electron chi connectivity index (χ4n) is 3.48. The molecular weight excluding hydrogens is 254 g/mol. The van der Waals surface area contributed by atoms with Crippen LogP contribution >= 0.6 is 11.3 Å². The summed E-state index contributed by atoms with van der Waals surface area (Å²) in [7, 11) is 0. The molecule has 106 valence electrons. The summed E-state index contributed by atoms with van der Waals surface area (Å²) >= 11 is 1.78. The van der Waals surface area contributed by atoms with Crippen molar-refractivity contribution in [2.75, 3.05) is 13.1 Å². The summed E-state index contributed by atoms with van der Waals surface area (Å²) in [5.74, 6) is 0. The van der Waals surface area contributed by atoms with Gasteiger partial charge in [-0.1, -0.05) is 19.3 Å². The maximum atomic E-state index is 4.47. The maximum Gasteiger partial charge on any atom is 0.107 e. The Morgan fingerprint density at radius 1 is 1.32 bits per heavy atom. The molecule has 0 unspecified atom stereocenters. The van der Waals surface area contributed by atoms with Crippen molar-refractivity contribution >= 4 is 11.3 Å². The molecule has 1 aromatic rings. The summed E-state index contributed by atoms with van der Waals surface area (Å²) in [6, 6.07) is 0. The van der Waals surface area contributed by atoms with Crippen molar-refractivity contribution in [1.82, 2.24) is 15.2 Å². The highest BCUT2D eigenvalue weighted by Crippen LogP contribution is 2.35. The van der Waals surface area contributed by atoms with Gasteiger partial charge in [0, 0.05) is 35.7 Å². The van der Waals surface area contributed by atoms with Gasteiger partial charge in [-0.3, -0.25) is 4.90 Å². The maximum absolute atomic E-state index is 4.47. The highest BCUT2D eigenvalue weighted by atomic mass is 32.1. The van der Waals surface area contributed by atoms with Gasteiger partial charge in [0.25, 0.3) is 0 Å². The second-order valence-corrected chi connectivity index (χ2v) is 7.77. The van der Waals surface area contributed by atoms with Gasteiger partial charge in [0.05, 0.1) is 6.54 Å². The van der Waals surface area contributed by atoms with E-state index in [2.05, 4.69) is 34.4 Å². The van der Waals surface area contributed by atoms with Crippen LogP contribution in [0.2, 0.25) is 0 Å². The summed E-state index contributed by atoms with van der Waals surface area (Å²) in [5, 5.41) is 7.21. The predicted octanol–water partition coefficient (Wildman–Crippen LogP) is 3.03. The molecule has 0 amide bonds. The van der Waals surface area contributed by atoms with E-state index in [0.717, 1.165) is 13.1 Å². The summed E-state index contributed by atoms with van der Waals surface area (Å²) < 4.78 is 0. The van der Waals surface area contributed by atoms with Crippen LogP contribution in [0.5, 0.6) is 0 Å². The van der Waals surface area contributed by atoms with E-state index < -0.39 is 0 Å². The number of piperazine rings is 1. The summed E-state index contributed by atoms with van der Waals surface area (Å²) in [6.07, 6.45) is 8.80. The third-order valence-electron chi connectivity index (χ3n) is 4.87. The monoisotopic (exact) mass is 279 g/mol. The summed E-state index contributed by atoms with van der Waals surface area (Å²) in [5.41, 5.74) is 0.611. The third kappa shape index (κ3) is 2.86. The molecule has 2 heterocycles. The molecule has 0 aromatic carbocycles. The van der Waals surface area contributed by atoms with Crippen molar-refractivity contribution in [2.45, 2.75) is 63.6 Å².